The maximum Gasteiger partial charge on any atom is 0.174 e. The first-order valence-corrected chi connectivity index (χ1v) is 10.7. The number of pyridine rings is 1. The number of hydrogen-bond acceptors (Lipinski definition) is 4. The minimum Gasteiger partial charge on any atom is -0.351 e. The molecule has 0 spiro atoms. The van der Waals surface area contributed by atoms with Crippen LogP contribution in [0.2, 0.25) is 0 Å². The highest BCUT2D eigenvalue weighted by Gasteiger charge is 2.42. The van der Waals surface area contributed by atoms with Gasteiger partial charge in [-0.1, -0.05) is 6.07 Å². The number of benzene rings is 1. The van der Waals surface area contributed by atoms with Crippen molar-refractivity contribution in [2.24, 2.45) is 0 Å². The van der Waals surface area contributed by atoms with E-state index < -0.39 is 0 Å². The quantitative estimate of drug-likeness (QED) is 0.477. The van der Waals surface area contributed by atoms with Crippen LogP contribution >= 0.6 is 12.2 Å². The maximum absolute atomic E-state index is 14.0. The predicted octanol–water partition coefficient (Wildman–Crippen LogP) is 4.03. The Kier molecular flexibility index (Phi) is 4.97. The number of halogens is 1. The Morgan fingerprint density at radius 3 is 2.50 bits per heavy atom. The van der Waals surface area contributed by atoms with Gasteiger partial charge in [0.2, 0.25) is 0 Å². The smallest absolute Gasteiger partial charge is 0.174 e. The zero-order valence-electron chi connectivity index (χ0n) is 17.9. The summed E-state index contributed by atoms with van der Waals surface area (Å²) in [5.74, 6) is -0.240. The molecule has 0 amide bonds. The van der Waals surface area contributed by atoms with Crippen LogP contribution in [0.3, 0.4) is 0 Å². The molecule has 4 heterocycles. The lowest BCUT2D eigenvalue weighted by Crippen LogP contribution is -2.29. The second-order valence-electron chi connectivity index (χ2n) is 7.91. The first kappa shape index (κ1) is 20.3. The van der Waals surface area contributed by atoms with Crippen molar-refractivity contribution in [2.75, 3.05) is 4.90 Å². The Hall–Kier alpha value is -3.59. The third-order valence-corrected chi connectivity index (χ3v) is 6.22. The molecule has 0 unspecified atom stereocenters. The fourth-order valence-corrected chi connectivity index (χ4v) is 4.80. The molecule has 1 aromatic carbocycles. The summed E-state index contributed by atoms with van der Waals surface area (Å²) in [5.41, 5.74) is 5.43. The van der Waals surface area contributed by atoms with Crippen LogP contribution in [0.4, 0.5) is 10.1 Å². The van der Waals surface area contributed by atoms with Crippen molar-refractivity contribution >= 4 is 23.0 Å². The lowest BCUT2D eigenvalue weighted by Gasteiger charge is -2.28. The molecule has 3 aromatic heterocycles. The lowest BCUT2D eigenvalue weighted by atomic mass is 9.96. The van der Waals surface area contributed by atoms with E-state index in [1.165, 1.54) is 6.07 Å². The summed E-state index contributed by atoms with van der Waals surface area (Å²) in [6.07, 6.45) is 5.11. The van der Waals surface area contributed by atoms with Crippen LogP contribution in [-0.2, 0) is 0 Å². The van der Waals surface area contributed by atoms with Gasteiger partial charge in [0.05, 0.1) is 17.8 Å². The van der Waals surface area contributed by atoms with E-state index in [2.05, 4.69) is 43.1 Å². The van der Waals surface area contributed by atoms with Crippen LogP contribution in [0, 0.1) is 26.6 Å². The molecule has 1 aliphatic rings. The van der Waals surface area contributed by atoms with Crippen LogP contribution in [0.25, 0.3) is 0 Å². The van der Waals surface area contributed by atoms with E-state index in [-0.39, 0.29) is 17.9 Å². The van der Waals surface area contributed by atoms with E-state index in [4.69, 9.17) is 12.2 Å². The molecular formula is C23H22FN7S. The average Bonchev–Trinajstić information content (AvgIpc) is 3.49. The monoisotopic (exact) mass is 447 g/mol. The van der Waals surface area contributed by atoms with Crippen molar-refractivity contribution in [1.82, 2.24) is 29.9 Å². The van der Waals surface area contributed by atoms with Crippen LogP contribution in [0.1, 0.15) is 40.3 Å². The standard InChI is InChI=1S/C23H22FN7S/c1-14-10-17(7-8-19(14)24)30-22(21(28-23(30)32)20-6-4-5-9-25-20)18-11-15(2)31(16(18)3)29-12-26-27-13-29/h4-13,21-22H,1-3H3,(H,28,32)/t21-,22+/m1/s1. The molecular weight excluding hydrogens is 425 g/mol. The molecule has 9 heteroatoms. The van der Waals surface area contributed by atoms with E-state index >= 15 is 0 Å². The lowest BCUT2D eigenvalue weighted by molar-refractivity contribution is 0.557. The third kappa shape index (κ3) is 3.25. The second kappa shape index (κ2) is 7.83. The summed E-state index contributed by atoms with van der Waals surface area (Å²) in [4.78, 5) is 6.65. The topological polar surface area (TPSA) is 63.8 Å². The van der Waals surface area contributed by atoms with Crippen molar-refractivity contribution < 1.29 is 4.39 Å². The first-order valence-electron chi connectivity index (χ1n) is 10.3. The van der Waals surface area contributed by atoms with Gasteiger partial charge < -0.3 is 10.2 Å². The number of nitrogens with one attached hydrogen (secondary N) is 1. The summed E-state index contributed by atoms with van der Waals surface area (Å²) in [6.45, 7) is 5.86. The summed E-state index contributed by atoms with van der Waals surface area (Å²) >= 11 is 5.78. The maximum atomic E-state index is 14.0. The predicted molar refractivity (Wildman–Crippen MR) is 124 cm³/mol. The molecule has 1 fully saturated rings. The van der Waals surface area contributed by atoms with Crippen LogP contribution in [-0.4, -0.2) is 29.6 Å². The molecule has 1 saturated heterocycles. The Balaban J connectivity index is 1.69. The fraction of sp³-hybridized carbons (Fsp3) is 0.217. The number of nitrogens with zero attached hydrogens (tertiary/aromatic N) is 6. The van der Waals surface area contributed by atoms with Crippen LogP contribution < -0.4 is 10.2 Å². The molecule has 0 saturated carbocycles. The van der Waals surface area contributed by atoms with Crippen molar-refractivity contribution in [1.29, 1.82) is 0 Å². The Labute approximate surface area is 190 Å². The molecule has 0 radical (unpaired) electrons. The summed E-state index contributed by atoms with van der Waals surface area (Å²) in [6, 6.07) is 12.7. The van der Waals surface area contributed by atoms with E-state index in [1.54, 1.807) is 31.8 Å². The first-order chi connectivity index (χ1) is 15.5. The van der Waals surface area contributed by atoms with Gasteiger partial charge in [0.25, 0.3) is 0 Å². The van der Waals surface area contributed by atoms with Gasteiger partial charge in [-0.2, -0.15) is 0 Å². The Morgan fingerprint density at radius 1 is 1.03 bits per heavy atom. The van der Waals surface area contributed by atoms with Crippen molar-refractivity contribution in [3.8, 4) is 0 Å². The highest BCUT2D eigenvalue weighted by Crippen LogP contribution is 2.43. The number of thiocarbonyl (C=S) groups is 1. The zero-order valence-corrected chi connectivity index (χ0v) is 18.7. The molecule has 1 aliphatic heterocycles. The number of rotatable bonds is 4. The van der Waals surface area contributed by atoms with Crippen LogP contribution in [0.5, 0.6) is 0 Å². The zero-order chi connectivity index (χ0) is 22.4. The Morgan fingerprint density at radius 2 is 1.81 bits per heavy atom. The van der Waals surface area contributed by atoms with Gasteiger partial charge in [-0.15, -0.1) is 10.2 Å². The van der Waals surface area contributed by atoms with E-state index in [1.807, 2.05) is 35.9 Å². The third-order valence-electron chi connectivity index (χ3n) is 5.91. The molecule has 162 valence electrons. The largest absolute Gasteiger partial charge is 0.351 e. The number of aromatic nitrogens is 5. The molecule has 7 nitrogen and oxygen atoms in total. The summed E-state index contributed by atoms with van der Waals surface area (Å²) < 4.78 is 17.9. The van der Waals surface area contributed by atoms with E-state index in [9.17, 15) is 4.39 Å². The van der Waals surface area contributed by atoms with Gasteiger partial charge in [-0.3, -0.25) is 9.66 Å². The van der Waals surface area contributed by atoms with Gasteiger partial charge in [0, 0.05) is 28.8 Å². The van der Waals surface area contributed by atoms with Gasteiger partial charge in [-0.25, -0.2) is 9.07 Å². The summed E-state index contributed by atoms with van der Waals surface area (Å²) in [7, 11) is 0. The molecule has 4 aromatic rings. The van der Waals surface area contributed by atoms with Gasteiger partial charge in [0.15, 0.2) is 5.11 Å². The molecule has 32 heavy (non-hydrogen) atoms. The number of aryl methyl sites for hydroxylation is 2. The minimum absolute atomic E-state index is 0.177. The van der Waals surface area contributed by atoms with Gasteiger partial charge in [-0.05, 0) is 75.0 Å². The molecule has 0 bridgehead atoms. The van der Waals surface area contributed by atoms with Crippen molar-refractivity contribution in [3.05, 3.63) is 95.3 Å². The SMILES string of the molecule is Cc1cc(N2C(=S)N[C@H](c3ccccn3)[C@@H]2c2cc(C)n(-n3cnnc3)c2C)ccc1F. The van der Waals surface area contributed by atoms with Crippen LogP contribution in [0.15, 0.2) is 61.3 Å². The van der Waals surface area contributed by atoms with E-state index in [0.717, 1.165) is 28.3 Å². The Bertz CT molecular complexity index is 1280. The number of hydrogen-bond donors (Lipinski definition) is 1. The molecule has 5 rings (SSSR count). The van der Waals surface area contributed by atoms with Gasteiger partial charge in [0.1, 0.15) is 18.5 Å². The fourth-order valence-electron chi connectivity index (χ4n) is 4.46. The molecule has 1 N–H and O–H groups in total. The normalized spacial score (nSPS) is 18.2. The van der Waals surface area contributed by atoms with Gasteiger partial charge >= 0.3 is 0 Å². The molecule has 0 aliphatic carbocycles. The minimum atomic E-state index is -0.240. The average molecular weight is 448 g/mol. The second-order valence-corrected chi connectivity index (χ2v) is 8.30. The van der Waals surface area contributed by atoms with E-state index in [0.29, 0.717) is 10.7 Å². The van der Waals surface area contributed by atoms with Crippen molar-refractivity contribution in [3.63, 3.8) is 0 Å². The molecule has 2 atom stereocenters. The summed E-state index contributed by atoms with van der Waals surface area (Å²) in [5, 5.41) is 11.9. The van der Waals surface area contributed by atoms with Crippen molar-refractivity contribution in [2.45, 2.75) is 32.9 Å². The highest BCUT2D eigenvalue weighted by molar-refractivity contribution is 7.80. The highest BCUT2D eigenvalue weighted by atomic mass is 32.1. The number of anilines is 1.